The zero-order chi connectivity index (χ0) is 18.0. The van der Waals surface area contributed by atoms with Gasteiger partial charge in [-0.1, -0.05) is 0 Å². The SMILES string of the molecule is Cc1ccc(C(=O)N=C2[Se][Se]C(C)(C)N2Cc2ccc(Cl)cc2)cc1. The number of carbonyl (C=O) groups is 1. The van der Waals surface area contributed by atoms with Crippen LogP contribution in [0.15, 0.2) is 53.5 Å². The van der Waals surface area contributed by atoms with Crippen LogP contribution in [0.3, 0.4) is 0 Å². The van der Waals surface area contributed by atoms with Gasteiger partial charge in [-0.05, 0) is 0 Å². The molecule has 3 nitrogen and oxygen atoms in total. The molecule has 0 spiro atoms. The van der Waals surface area contributed by atoms with E-state index in [0.717, 1.165) is 21.9 Å². The first-order chi connectivity index (χ1) is 11.8. The molecule has 0 aliphatic carbocycles. The average Bonchev–Trinajstić information content (AvgIpc) is 2.85. The van der Waals surface area contributed by atoms with Crippen molar-refractivity contribution in [3.63, 3.8) is 0 Å². The molecule has 1 amide bonds. The van der Waals surface area contributed by atoms with Crippen molar-refractivity contribution < 1.29 is 4.79 Å². The first kappa shape index (κ1) is 18.7. The van der Waals surface area contributed by atoms with Gasteiger partial charge in [-0.25, -0.2) is 0 Å². The summed E-state index contributed by atoms with van der Waals surface area (Å²) in [6.45, 7) is 7.25. The molecule has 25 heavy (non-hydrogen) atoms. The molecule has 2 aromatic rings. The van der Waals surface area contributed by atoms with Crippen LogP contribution < -0.4 is 0 Å². The Bertz CT molecular complexity index is 801. The van der Waals surface area contributed by atoms with Crippen molar-refractivity contribution in [1.29, 1.82) is 0 Å². The normalized spacial score (nSPS) is 17.9. The number of hydrogen-bond acceptors (Lipinski definition) is 1. The van der Waals surface area contributed by atoms with Crippen LogP contribution in [-0.2, 0) is 6.54 Å². The quantitative estimate of drug-likeness (QED) is 0.622. The number of nitrogens with zero attached hydrogens (tertiary/aromatic N) is 2. The van der Waals surface area contributed by atoms with Crippen molar-refractivity contribution in [3.8, 4) is 0 Å². The minimum atomic E-state index is -0.147. The fourth-order valence-electron chi connectivity index (χ4n) is 2.42. The fourth-order valence-corrected chi connectivity index (χ4v) is 10.4. The Morgan fingerprint density at radius 3 is 2.40 bits per heavy atom. The predicted octanol–water partition coefficient (Wildman–Crippen LogP) is 3.72. The van der Waals surface area contributed by atoms with Crippen LogP contribution in [0.1, 0.15) is 35.3 Å². The molecule has 0 aromatic heterocycles. The second kappa shape index (κ2) is 7.65. The minimum absolute atomic E-state index is 0.0685. The van der Waals surface area contributed by atoms with E-state index in [0.29, 0.717) is 18.7 Å². The van der Waals surface area contributed by atoms with Crippen LogP contribution in [0.2, 0.25) is 5.02 Å². The summed E-state index contributed by atoms with van der Waals surface area (Å²) in [6, 6.07) is 15.5. The fraction of sp³-hybridized carbons (Fsp3) is 0.263. The number of aryl methyl sites for hydroxylation is 1. The number of hydrogen-bond donors (Lipinski definition) is 0. The molecule has 1 aliphatic rings. The topological polar surface area (TPSA) is 32.7 Å². The molecule has 0 saturated carbocycles. The van der Waals surface area contributed by atoms with Gasteiger partial charge < -0.3 is 0 Å². The third kappa shape index (κ3) is 4.55. The maximum atomic E-state index is 12.6. The third-order valence-corrected chi connectivity index (χ3v) is 13.6. The van der Waals surface area contributed by atoms with E-state index in [9.17, 15) is 4.79 Å². The Morgan fingerprint density at radius 1 is 1.12 bits per heavy atom. The molecule has 0 atom stereocenters. The number of halogens is 1. The molecule has 2 aromatic carbocycles. The molecular formula is C19H19ClN2OSe2. The first-order valence-corrected chi connectivity index (χ1v) is 14.3. The summed E-state index contributed by atoms with van der Waals surface area (Å²) in [5.41, 5.74) is 2.97. The summed E-state index contributed by atoms with van der Waals surface area (Å²) in [7, 11) is 0. The van der Waals surface area contributed by atoms with Crippen LogP contribution in [0.5, 0.6) is 0 Å². The van der Waals surface area contributed by atoms with Gasteiger partial charge in [0.1, 0.15) is 0 Å². The Kier molecular flexibility index (Phi) is 5.72. The molecule has 0 radical (unpaired) electrons. The van der Waals surface area contributed by atoms with Crippen molar-refractivity contribution in [2.45, 2.75) is 31.8 Å². The number of rotatable bonds is 3. The maximum absolute atomic E-state index is 12.6. The van der Waals surface area contributed by atoms with Gasteiger partial charge in [-0.2, -0.15) is 0 Å². The Labute approximate surface area is 164 Å². The summed E-state index contributed by atoms with van der Waals surface area (Å²) < 4.78 is 1.02. The second-order valence-electron chi connectivity index (χ2n) is 6.39. The average molecular weight is 485 g/mol. The number of amides is 1. The van der Waals surface area contributed by atoms with Gasteiger partial charge in [-0.15, -0.1) is 0 Å². The number of carbonyl (C=O) groups excluding carboxylic acids is 1. The Balaban J connectivity index is 1.84. The van der Waals surface area contributed by atoms with Crippen LogP contribution >= 0.6 is 11.6 Å². The third-order valence-electron chi connectivity index (χ3n) is 3.95. The van der Waals surface area contributed by atoms with E-state index in [1.165, 1.54) is 5.56 Å². The molecule has 130 valence electrons. The first-order valence-electron chi connectivity index (χ1n) is 7.92. The van der Waals surface area contributed by atoms with Gasteiger partial charge in [0.15, 0.2) is 0 Å². The summed E-state index contributed by atoms with van der Waals surface area (Å²) >= 11 is 6.70. The van der Waals surface area contributed by atoms with Gasteiger partial charge in [0.25, 0.3) is 0 Å². The summed E-state index contributed by atoms with van der Waals surface area (Å²) in [6.07, 6.45) is 0. The van der Waals surface area contributed by atoms with E-state index >= 15 is 0 Å². The van der Waals surface area contributed by atoms with Crippen LogP contribution in [0.4, 0.5) is 0 Å². The number of benzene rings is 2. The molecule has 1 heterocycles. The molecule has 6 heteroatoms. The second-order valence-corrected chi connectivity index (χ2v) is 14.0. The summed E-state index contributed by atoms with van der Waals surface area (Å²) in [5.74, 6) is -0.147. The van der Waals surface area contributed by atoms with E-state index in [2.05, 4.69) is 23.7 Å². The van der Waals surface area contributed by atoms with Crippen LogP contribution in [0.25, 0.3) is 0 Å². The molecule has 0 unspecified atom stereocenters. The van der Waals surface area contributed by atoms with Crippen LogP contribution in [0, 0.1) is 6.92 Å². The van der Waals surface area contributed by atoms with Gasteiger partial charge in [0.2, 0.25) is 0 Å². The molecule has 1 fully saturated rings. The van der Waals surface area contributed by atoms with Gasteiger partial charge >= 0.3 is 165 Å². The monoisotopic (exact) mass is 486 g/mol. The van der Waals surface area contributed by atoms with Gasteiger partial charge in [-0.3, -0.25) is 0 Å². The molecule has 1 saturated heterocycles. The van der Waals surface area contributed by atoms with Crippen molar-refractivity contribution in [2.24, 2.45) is 4.99 Å². The predicted molar refractivity (Wildman–Crippen MR) is 106 cm³/mol. The van der Waals surface area contributed by atoms with Crippen LogP contribution in [-0.4, -0.2) is 46.2 Å². The molecule has 0 N–H and O–H groups in total. The zero-order valence-electron chi connectivity index (χ0n) is 14.3. The van der Waals surface area contributed by atoms with E-state index in [-0.39, 0.29) is 23.5 Å². The van der Waals surface area contributed by atoms with Gasteiger partial charge in [0.05, 0.1) is 0 Å². The summed E-state index contributed by atoms with van der Waals surface area (Å²) in [4.78, 5) is 19.3. The van der Waals surface area contributed by atoms with E-state index in [1.807, 2.05) is 55.5 Å². The number of aliphatic imine (C=N–C) groups is 1. The molecular weight excluding hydrogens is 466 g/mol. The van der Waals surface area contributed by atoms with Crippen molar-refractivity contribution in [2.75, 3.05) is 0 Å². The Hall–Kier alpha value is -1.09. The van der Waals surface area contributed by atoms with E-state index in [4.69, 9.17) is 11.6 Å². The zero-order valence-corrected chi connectivity index (χ0v) is 18.5. The summed E-state index contributed by atoms with van der Waals surface area (Å²) in [5, 5.41) is 0.737. The van der Waals surface area contributed by atoms with Crippen molar-refractivity contribution in [1.82, 2.24) is 4.90 Å². The van der Waals surface area contributed by atoms with Gasteiger partial charge in [0, 0.05) is 0 Å². The van der Waals surface area contributed by atoms with Crippen molar-refractivity contribution in [3.05, 3.63) is 70.2 Å². The molecule has 3 rings (SSSR count). The standard InChI is InChI=1S/C19H19ClN2OSe2/c1-13-4-8-15(9-5-13)17(23)21-18-22(19(2,3)25-24-18)12-14-6-10-16(20)11-7-14/h4-11H,12H2,1-3H3. The molecule has 0 bridgehead atoms. The Morgan fingerprint density at radius 2 is 1.76 bits per heavy atom. The van der Waals surface area contributed by atoms with E-state index in [1.54, 1.807) is 0 Å². The van der Waals surface area contributed by atoms with Crippen molar-refractivity contribution >= 4 is 48.5 Å². The molecule has 1 aliphatic heterocycles. The van der Waals surface area contributed by atoms with E-state index < -0.39 is 0 Å². The number of amidine groups is 1.